The summed E-state index contributed by atoms with van der Waals surface area (Å²) in [6.07, 6.45) is 1.53. The van der Waals surface area contributed by atoms with Crippen LogP contribution in [-0.2, 0) is 21.2 Å². The number of primary amides is 1. The minimum atomic E-state index is -3.66. The molecule has 39 heavy (non-hydrogen) atoms. The third-order valence-electron chi connectivity index (χ3n) is 6.96. The minimum absolute atomic E-state index is 0.108. The second-order valence-electron chi connectivity index (χ2n) is 9.80. The molecular formula is C27H28F2N6O3S. The number of hydrogen-bond acceptors (Lipinski definition) is 6. The van der Waals surface area contributed by atoms with Crippen molar-refractivity contribution >= 4 is 27.0 Å². The molecule has 1 aliphatic rings. The molecule has 1 saturated heterocycles. The van der Waals surface area contributed by atoms with E-state index in [2.05, 4.69) is 15.1 Å². The molecule has 1 fully saturated rings. The number of hydrogen-bond donors (Lipinski definition) is 2. The van der Waals surface area contributed by atoms with Crippen molar-refractivity contribution in [2.24, 2.45) is 5.73 Å². The van der Waals surface area contributed by atoms with Crippen LogP contribution in [0.5, 0.6) is 0 Å². The van der Waals surface area contributed by atoms with E-state index in [0.717, 1.165) is 6.07 Å². The van der Waals surface area contributed by atoms with Crippen LogP contribution in [0.1, 0.15) is 23.6 Å². The Morgan fingerprint density at radius 2 is 1.72 bits per heavy atom. The van der Waals surface area contributed by atoms with Gasteiger partial charge in [0.15, 0.2) is 0 Å². The number of amides is 1. The molecule has 3 N–H and O–H groups in total. The summed E-state index contributed by atoms with van der Waals surface area (Å²) < 4.78 is 55.7. The highest BCUT2D eigenvalue weighted by Gasteiger charge is 2.28. The number of halogens is 2. The number of likely N-dealkylation sites (N-methyl/N-ethyl adjacent to an activating group) is 1. The molecular weight excluding hydrogens is 526 g/mol. The fourth-order valence-electron chi connectivity index (χ4n) is 4.94. The Bertz CT molecular complexity index is 1600. The Hall–Kier alpha value is -3.74. The number of carbonyl (C=O) groups is 1. The molecule has 1 amide bonds. The quantitative estimate of drug-likeness (QED) is 0.345. The highest BCUT2D eigenvalue weighted by molar-refractivity contribution is 7.89. The van der Waals surface area contributed by atoms with E-state index in [0.29, 0.717) is 59.6 Å². The first-order valence-corrected chi connectivity index (χ1v) is 13.9. The van der Waals surface area contributed by atoms with Gasteiger partial charge in [0, 0.05) is 50.1 Å². The molecule has 1 atom stereocenters. The number of piperazine rings is 1. The van der Waals surface area contributed by atoms with Gasteiger partial charge in [-0.25, -0.2) is 22.2 Å². The average molecular weight is 555 g/mol. The standard InChI is InChI=1S/C27H28F2N6O3S/c1-34-6-8-35(9-7-34)39(37,38)22-4-2-18(3-5-22)23-15-24-25(16-31-33-24)32-27(23)19(13-26(30)36)10-17-11-20(28)14-21(29)12-17/h2-5,11-12,14-16,19H,6-10,13H2,1H3,(H2,30,36)(H,31,33)/t19-/m0/s1. The van der Waals surface area contributed by atoms with E-state index in [1.807, 2.05) is 13.1 Å². The highest BCUT2D eigenvalue weighted by atomic mass is 32.2. The van der Waals surface area contributed by atoms with Crippen molar-refractivity contribution in [1.82, 2.24) is 24.4 Å². The van der Waals surface area contributed by atoms with Crippen LogP contribution in [0, 0.1) is 11.6 Å². The van der Waals surface area contributed by atoms with Crippen molar-refractivity contribution < 1.29 is 22.0 Å². The third kappa shape index (κ3) is 5.82. The van der Waals surface area contributed by atoms with E-state index in [9.17, 15) is 22.0 Å². The molecule has 9 nitrogen and oxygen atoms in total. The van der Waals surface area contributed by atoms with Crippen LogP contribution in [0.15, 0.2) is 59.6 Å². The van der Waals surface area contributed by atoms with E-state index in [-0.39, 0.29) is 17.7 Å². The second-order valence-corrected chi connectivity index (χ2v) is 11.7. The highest BCUT2D eigenvalue weighted by Crippen LogP contribution is 2.35. The van der Waals surface area contributed by atoms with Gasteiger partial charge in [-0.1, -0.05) is 12.1 Å². The van der Waals surface area contributed by atoms with E-state index in [4.69, 9.17) is 10.7 Å². The van der Waals surface area contributed by atoms with Gasteiger partial charge in [-0.2, -0.15) is 9.40 Å². The normalized spacial score (nSPS) is 16.0. The van der Waals surface area contributed by atoms with Gasteiger partial charge in [-0.3, -0.25) is 9.89 Å². The molecule has 0 aliphatic carbocycles. The topological polar surface area (TPSA) is 125 Å². The zero-order valence-corrected chi connectivity index (χ0v) is 22.1. The number of sulfonamides is 1. The molecule has 0 unspecified atom stereocenters. The van der Waals surface area contributed by atoms with Crippen molar-refractivity contribution in [3.63, 3.8) is 0 Å². The SMILES string of the molecule is CN1CCN(S(=O)(=O)c2ccc(-c3cc4[nH]ncc4nc3[C@H](CC(N)=O)Cc3cc(F)cc(F)c3)cc2)CC1. The van der Waals surface area contributed by atoms with Gasteiger partial charge in [0.1, 0.15) is 17.2 Å². The summed E-state index contributed by atoms with van der Waals surface area (Å²) in [7, 11) is -1.70. The number of benzene rings is 2. The molecule has 1 aliphatic heterocycles. The number of nitrogens with two attached hydrogens (primary N) is 1. The van der Waals surface area contributed by atoms with Gasteiger partial charge in [0.05, 0.1) is 22.3 Å². The van der Waals surface area contributed by atoms with E-state index < -0.39 is 33.5 Å². The summed E-state index contributed by atoms with van der Waals surface area (Å²) in [6, 6.07) is 11.5. The van der Waals surface area contributed by atoms with E-state index in [1.165, 1.54) is 22.6 Å². The van der Waals surface area contributed by atoms with Gasteiger partial charge < -0.3 is 10.6 Å². The van der Waals surface area contributed by atoms with Crippen molar-refractivity contribution in [1.29, 1.82) is 0 Å². The van der Waals surface area contributed by atoms with Crippen LogP contribution >= 0.6 is 0 Å². The van der Waals surface area contributed by atoms with Crippen LogP contribution in [-0.4, -0.2) is 71.9 Å². The molecule has 4 aromatic rings. The summed E-state index contributed by atoms with van der Waals surface area (Å²) in [6.45, 7) is 2.15. The van der Waals surface area contributed by atoms with Gasteiger partial charge >= 0.3 is 0 Å². The monoisotopic (exact) mass is 554 g/mol. The fraction of sp³-hybridized carbons (Fsp3) is 0.296. The number of aromatic nitrogens is 3. The maximum atomic E-state index is 13.9. The third-order valence-corrected chi connectivity index (χ3v) is 8.87. The lowest BCUT2D eigenvalue weighted by Gasteiger charge is -2.31. The molecule has 0 bridgehead atoms. The average Bonchev–Trinajstić information content (AvgIpc) is 3.35. The molecule has 2 aromatic heterocycles. The molecule has 12 heteroatoms. The summed E-state index contributed by atoms with van der Waals surface area (Å²) in [5.74, 6) is -2.64. The van der Waals surface area contributed by atoms with Crippen molar-refractivity contribution in [2.75, 3.05) is 33.2 Å². The molecule has 0 spiro atoms. The van der Waals surface area contributed by atoms with Gasteiger partial charge in [-0.05, 0) is 54.9 Å². The summed E-state index contributed by atoms with van der Waals surface area (Å²) in [4.78, 5) is 19.0. The summed E-state index contributed by atoms with van der Waals surface area (Å²) in [5, 5.41) is 6.92. The molecule has 5 rings (SSSR count). The van der Waals surface area contributed by atoms with Crippen molar-refractivity contribution in [2.45, 2.75) is 23.7 Å². The predicted molar refractivity (Wildman–Crippen MR) is 142 cm³/mol. The Kier molecular flexibility index (Phi) is 7.43. The largest absolute Gasteiger partial charge is 0.370 e. The lowest BCUT2D eigenvalue weighted by atomic mass is 9.87. The maximum Gasteiger partial charge on any atom is 0.243 e. The first-order valence-electron chi connectivity index (χ1n) is 12.5. The number of aromatic amines is 1. The fourth-order valence-corrected chi connectivity index (χ4v) is 6.36. The second kappa shape index (κ2) is 10.8. The molecule has 0 saturated carbocycles. The van der Waals surface area contributed by atoms with Crippen LogP contribution in [0.25, 0.3) is 22.2 Å². The van der Waals surface area contributed by atoms with Crippen LogP contribution in [0.4, 0.5) is 8.78 Å². The Balaban J connectivity index is 1.54. The lowest BCUT2D eigenvalue weighted by Crippen LogP contribution is -2.46. The number of H-pyrrole nitrogens is 1. The Morgan fingerprint density at radius 1 is 1.05 bits per heavy atom. The van der Waals surface area contributed by atoms with Gasteiger partial charge in [0.2, 0.25) is 15.9 Å². The summed E-state index contributed by atoms with van der Waals surface area (Å²) >= 11 is 0. The number of fused-ring (bicyclic) bond motifs is 1. The Labute approximate surface area is 224 Å². The zero-order valence-electron chi connectivity index (χ0n) is 21.3. The van der Waals surface area contributed by atoms with Crippen LogP contribution in [0.2, 0.25) is 0 Å². The first-order chi connectivity index (χ1) is 18.6. The number of nitrogens with zero attached hydrogens (tertiary/aromatic N) is 4. The van der Waals surface area contributed by atoms with Gasteiger partial charge in [-0.15, -0.1) is 0 Å². The van der Waals surface area contributed by atoms with Crippen LogP contribution < -0.4 is 5.73 Å². The minimum Gasteiger partial charge on any atom is -0.370 e. The Morgan fingerprint density at radius 3 is 2.36 bits per heavy atom. The molecule has 2 aromatic carbocycles. The lowest BCUT2D eigenvalue weighted by molar-refractivity contribution is -0.118. The molecule has 204 valence electrons. The molecule has 3 heterocycles. The number of rotatable bonds is 8. The summed E-state index contributed by atoms with van der Waals surface area (Å²) in [5.41, 5.74) is 8.87. The van der Waals surface area contributed by atoms with E-state index >= 15 is 0 Å². The number of carbonyl (C=O) groups excluding carboxylic acids is 1. The van der Waals surface area contributed by atoms with Crippen LogP contribution in [0.3, 0.4) is 0 Å². The van der Waals surface area contributed by atoms with Crippen molar-refractivity contribution in [3.8, 4) is 11.1 Å². The van der Waals surface area contributed by atoms with Gasteiger partial charge in [0.25, 0.3) is 0 Å². The maximum absolute atomic E-state index is 13.9. The smallest absolute Gasteiger partial charge is 0.243 e. The predicted octanol–water partition coefficient (Wildman–Crippen LogP) is 3.04. The zero-order chi connectivity index (χ0) is 27.7. The van der Waals surface area contributed by atoms with Crippen molar-refractivity contribution in [3.05, 3.63) is 77.6 Å². The molecule has 0 radical (unpaired) electrons. The first kappa shape index (κ1) is 26.9. The number of nitrogens with one attached hydrogen (secondary N) is 1. The van der Waals surface area contributed by atoms with E-state index in [1.54, 1.807) is 24.3 Å². The number of pyridine rings is 1.